The first-order valence-electron chi connectivity index (χ1n) is 10.5. The van der Waals surface area contributed by atoms with Gasteiger partial charge in [-0.2, -0.15) is 5.10 Å². The van der Waals surface area contributed by atoms with Crippen LogP contribution in [-0.2, 0) is 19.9 Å². The molecule has 0 spiro atoms. The molecule has 0 saturated heterocycles. The van der Waals surface area contributed by atoms with Gasteiger partial charge in [0.25, 0.3) is 0 Å². The molecule has 30 heavy (non-hydrogen) atoms. The molecule has 1 aromatic heterocycles. The predicted octanol–water partition coefficient (Wildman–Crippen LogP) is 3.57. The third-order valence-electron chi connectivity index (χ3n) is 4.46. The smallest absolute Gasteiger partial charge is 0.191 e. The first-order valence-corrected chi connectivity index (χ1v) is 10.5. The summed E-state index contributed by atoms with van der Waals surface area (Å²) in [6.07, 6.45) is 7.97. The van der Waals surface area contributed by atoms with Gasteiger partial charge in [0, 0.05) is 32.9 Å². The molecular weight excluding hydrogens is 493 g/mol. The van der Waals surface area contributed by atoms with Crippen LogP contribution in [0.15, 0.2) is 35.6 Å². The number of hydrogen-bond acceptors (Lipinski definition) is 4. The zero-order chi connectivity index (χ0) is 20.9. The maximum absolute atomic E-state index is 5.66. The third-order valence-corrected chi connectivity index (χ3v) is 4.46. The Morgan fingerprint density at radius 3 is 2.57 bits per heavy atom. The van der Waals surface area contributed by atoms with E-state index in [-0.39, 0.29) is 24.0 Å². The van der Waals surface area contributed by atoms with Gasteiger partial charge < -0.3 is 20.1 Å². The van der Waals surface area contributed by atoms with E-state index in [4.69, 9.17) is 9.47 Å². The minimum Gasteiger partial charge on any atom is -0.493 e. The first-order chi connectivity index (χ1) is 14.2. The molecule has 1 aromatic carbocycles. The Balaban J connectivity index is 0.00000450. The molecule has 0 aliphatic carbocycles. The van der Waals surface area contributed by atoms with Crippen LogP contribution in [0.4, 0.5) is 0 Å². The van der Waals surface area contributed by atoms with E-state index in [1.54, 1.807) is 7.11 Å². The number of aryl methyl sites for hydroxylation is 3. The minimum atomic E-state index is 0. The Labute approximate surface area is 197 Å². The van der Waals surface area contributed by atoms with Crippen molar-refractivity contribution in [3.05, 3.63) is 41.7 Å². The van der Waals surface area contributed by atoms with E-state index < -0.39 is 0 Å². The van der Waals surface area contributed by atoms with Crippen LogP contribution in [0.25, 0.3) is 0 Å². The monoisotopic (exact) mass is 529 g/mol. The molecule has 168 valence electrons. The number of aromatic nitrogens is 2. The van der Waals surface area contributed by atoms with Gasteiger partial charge in [0.2, 0.25) is 0 Å². The lowest BCUT2D eigenvalue weighted by Gasteiger charge is -2.13. The van der Waals surface area contributed by atoms with Crippen molar-refractivity contribution in [1.29, 1.82) is 0 Å². The van der Waals surface area contributed by atoms with E-state index in [2.05, 4.69) is 46.0 Å². The van der Waals surface area contributed by atoms with Gasteiger partial charge in [0.05, 0.1) is 19.9 Å². The molecule has 2 N–H and O–H groups in total. The fourth-order valence-electron chi connectivity index (χ4n) is 3.06. The van der Waals surface area contributed by atoms with Crippen LogP contribution in [0.1, 0.15) is 37.8 Å². The number of nitrogens with zero attached hydrogens (tertiary/aromatic N) is 3. The van der Waals surface area contributed by atoms with Gasteiger partial charge in [0.15, 0.2) is 17.5 Å². The highest BCUT2D eigenvalue weighted by atomic mass is 127. The number of methoxy groups -OCH3 is 1. The number of hydrogen-bond donors (Lipinski definition) is 2. The number of nitrogens with one attached hydrogen (secondary N) is 2. The molecule has 0 amide bonds. The molecule has 2 rings (SSSR count). The van der Waals surface area contributed by atoms with Crippen molar-refractivity contribution in [3.63, 3.8) is 0 Å². The molecule has 1 heterocycles. The van der Waals surface area contributed by atoms with Crippen LogP contribution in [0.5, 0.6) is 11.5 Å². The van der Waals surface area contributed by atoms with E-state index in [9.17, 15) is 0 Å². The van der Waals surface area contributed by atoms with Gasteiger partial charge >= 0.3 is 0 Å². The number of guanidine groups is 1. The first kappa shape index (κ1) is 26.1. The van der Waals surface area contributed by atoms with Gasteiger partial charge in [-0.15, -0.1) is 24.0 Å². The largest absolute Gasteiger partial charge is 0.493 e. The van der Waals surface area contributed by atoms with Crippen LogP contribution >= 0.6 is 24.0 Å². The summed E-state index contributed by atoms with van der Waals surface area (Å²) in [6, 6.07) is 6.14. The summed E-state index contributed by atoms with van der Waals surface area (Å²) < 4.78 is 12.8. The topological polar surface area (TPSA) is 72.7 Å². The fourth-order valence-corrected chi connectivity index (χ4v) is 3.06. The molecule has 7 nitrogen and oxygen atoms in total. The summed E-state index contributed by atoms with van der Waals surface area (Å²) in [7, 11) is 3.61. The van der Waals surface area contributed by atoms with Crippen LogP contribution in [0.3, 0.4) is 0 Å². The normalized spacial score (nSPS) is 11.0. The third kappa shape index (κ3) is 9.23. The molecule has 0 unspecified atom stereocenters. The Bertz CT molecular complexity index is 764. The van der Waals surface area contributed by atoms with Gasteiger partial charge in [-0.1, -0.05) is 6.07 Å². The SMILES string of the molecule is CCNC(=NCCCc1cnn(C)c1)NCCCc1ccc(OC)c(OCC)c1.I. The zero-order valence-corrected chi connectivity index (χ0v) is 20.9. The molecule has 0 bridgehead atoms. The van der Waals surface area contributed by atoms with Crippen molar-refractivity contribution in [2.24, 2.45) is 12.0 Å². The van der Waals surface area contributed by atoms with Gasteiger partial charge in [-0.3, -0.25) is 9.67 Å². The van der Waals surface area contributed by atoms with Crippen molar-refractivity contribution in [2.75, 3.05) is 33.4 Å². The molecule has 0 radical (unpaired) electrons. The highest BCUT2D eigenvalue weighted by Crippen LogP contribution is 2.28. The molecule has 0 atom stereocenters. The van der Waals surface area contributed by atoms with Crippen molar-refractivity contribution >= 4 is 29.9 Å². The summed E-state index contributed by atoms with van der Waals surface area (Å²) in [5.74, 6) is 2.47. The maximum atomic E-state index is 5.66. The number of rotatable bonds is 12. The highest BCUT2D eigenvalue weighted by molar-refractivity contribution is 14.0. The van der Waals surface area contributed by atoms with Crippen LogP contribution in [0, 0.1) is 0 Å². The summed E-state index contributed by atoms with van der Waals surface area (Å²) in [6.45, 7) is 7.20. The summed E-state index contributed by atoms with van der Waals surface area (Å²) in [5, 5.41) is 10.9. The molecule has 2 aromatic rings. The molecule has 8 heteroatoms. The maximum Gasteiger partial charge on any atom is 0.191 e. The standard InChI is InChI=1S/C22H35N5O2.HI/c1-5-23-22(25-14-8-10-19-16-26-27(3)17-19)24-13-7-9-18-11-12-20(28-4)21(15-18)29-6-2;/h11-12,15-17H,5-10,13-14H2,1-4H3,(H2,23,24,25);1H. The van der Waals surface area contributed by atoms with Gasteiger partial charge in [-0.25, -0.2) is 0 Å². The molecule has 0 saturated carbocycles. The second-order valence-electron chi connectivity index (χ2n) is 6.84. The van der Waals surface area contributed by atoms with Crippen LogP contribution in [0.2, 0.25) is 0 Å². The minimum absolute atomic E-state index is 0. The Hall–Kier alpha value is -1.97. The summed E-state index contributed by atoms with van der Waals surface area (Å²) in [5.41, 5.74) is 2.50. The van der Waals surface area contributed by atoms with Gasteiger partial charge in [-0.05, 0) is 62.8 Å². The van der Waals surface area contributed by atoms with E-state index >= 15 is 0 Å². The Kier molecular flexibility index (Phi) is 13.0. The van der Waals surface area contributed by atoms with Crippen LogP contribution < -0.4 is 20.1 Å². The predicted molar refractivity (Wildman–Crippen MR) is 133 cm³/mol. The fraction of sp³-hybridized carbons (Fsp3) is 0.545. The van der Waals surface area contributed by atoms with Gasteiger partial charge in [0.1, 0.15) is 0 Å². The lowest BCUT2D eigenvalue weighted by atomic mass is 10.1. The van der Waals surface area contributed by atoms with Crippen LogP contribution in [-0.4, -0.2) is 49.1 Å². The van der Waals surface area contributed by atoms with E-state index in [0.29, 0.717) is 6.61 Å². The molecule has 0 aliphatic rings. The van der Waals surface area contributed by atoms with E-state index in [0.717, 1.165) is 62.8 Å². The zero-order valence-electron chi connectivity index (χ0n) is 18.6. The van der Waals surface area contributed by atoms with Crippen molar-refractivity contribution in [3.8, 4) is 11.5 Å². The van der Waals surface area contributed by atoms with E-state index in [1.165, 1.54) is 11.1 Å². The second-order valence-corrected chi connectivity index (χ2v) is 6.84. The quantitative estimate of drug-likeness (QED) is 0.191. The van der Waals surface area contributed by atoms with Crippen molar-refractivity contribution in [1.82, 2.24) is 20.4 Å². The van der Waals surface area contributed by atoms with E-state index in [1.807, 2.05) is 30.9 Å². The molecular formula is C22H36IN5O2. The highest BCUT2D eigenvalue weighted by Gasteiger charge is 2.05. The average Bonchev–Trinajstić information content (AvgIpc) is 3.14. The lowest BCUT2D eigenvalue weighted by Crippen LogP contribution is -2.38. The lowest BCUT2D eigenvalue weighted by molar-refractivity contribution is 0.310. The second kappa shape index (κ2) is 14.9. The Morgan fingerprint density at radius 1 is 1.10 bits per heavy atom. The summed E-state index contributed by atoms with van der Waals surface area (Å²) >= 11 is 0. The number of halogens is 1. The summed E-state index contributed by atoms with van der Waals surface area (Å²) in [4.78, 5) is 4.67. The molecule has 0 aliphatic heterocycles. The number of benzene rings is 1. The molecule has 0 fully saturated rings. The Morgan fingerprint density at radius 2 is 1.90 bits per heavy atom. The average molecular weight is 529 g/mol. The number of aliphatic imine (C=N–C) groups is 1. The van der Waals surface area contributed by atoms with Crippen molar-refractivity contribution < 1.29 is 9.47 Å². The number of ether oxygens (including phenoxy) is 2. The van der Waals surface area contributed by atoms with Crippen molar-refractivity contribution in [2.45, 2.75) is 39.5 Å².